The van der Waals surface area contributed by atoms with E-state index in [2.05, 4.69) is 24.5 Å². The molecule has 1 aromatic rings. The molecule has 1 aromatic heterocycles. The van der Waals surface area contributed by atoms with Crippen LogP contribution >= 0.6 is 11.3 Å². The molecule has 3 nitrogen and oxygen atoms in total. The lowest BCUT2D eigenvalue weighted by Gasteiger charge is -2.01. The van der Waals surface area contributed by atoms with Crippen molar-refractivity contribution in [1.29, 1.82) is 0 Å². The normalized spacial score (nSPS) is 9.85. The minimum Gasteiger partial charge on any atom is -0.341 e. The van der Waals surface area contributed by atoms with Crippen LogP contribution in [0.4, 0.5) is 9.80 Å². The first-order chi connectivity index (χ1) is 6.06. The molecule has 0 aliphatic rings. The Morgan fingerprint density at radius 2 is 1.85 bits per heavy atom. The highest BCUT2D eigenvalue weighted by molar-refractivity contribution is 7.16. The lowest BCUT2D eigenvalue weighted by molar-refractivity contribution is 0.254. The fourth-order valence-corrected chi connectivity index (χ4v) is 2.09. The van der Waals surface area contributed by atoms with Crippen molar-refractivity contribution in [3.05, 3.63) is 16.0 Å². The van der Waals surface area contributed by atoms with Gasteiger partial charge in [-0.1, -0.05) is 0 Å². The van der Waals surface area contributed by atoms with Gasteiger partial charge < -0.3 is 5.32 Å². The molecule has 0 aliphatic carbocycles. The zero-order valence-corrected chi connectivity index (χ0v) is 9.13. The van der Waals surface area contributed by atoms with Crippen LogP contribution in [0, 0.1) is 20.8 Å². The zero-order chi connectivity index (χ0) is 10.0. The van der Waals surface area contributed by atoms with E-state index in [0.29, 0.717) is 0 Å². The van der Waals surface area contributed by atoms with Crippen molar-refractivity contribution in [2.45, 2.75) is 20.8 Å². The van der Waals surface area contributed by atoms with Crippen LogP contribution in [-0.4, -0.2) is 13.1 Å². The van der Waals surface area contributed by atoms with Crippen LogP contribution in [0.1, 0.15) is 16.0 Å². The van der Waals surface area contributed by atoms with Crippen LogP contribution in [0.3, 0.4) is 0 Å². The Labute approximate surface area is 82.2 Å². The van der Waals surface area contributed by atoms with Gasteiger partial charge in [-0.2, -0.15) is 0 Å². The summed E-state index contributed by atoms with van der Waals surface area (Å²) < 4.78 is 0. The molecule has 0 fully saturated rings. The second-order valence-corrected chi connectivity index (χ2v) is 4.17. The summed E-state index contributed by atoms with van der Waals surface area (Å²) in [7, 11) is 1.61. The summed E-state index contributed by atoms with van der Waals surface area (Å²) in [6, 6.07) is -0.163. The molecule has 2 amide bonds. The van der Waals surface area contributed by atoms with E-state index >= 15 is 0 Å². The lowest BCUT2D eigenvalue weighted by atomic mass is 10.2. The maximum atomic E-state index is 11.0. The Morgan fingerprint density at radius 1 is 1.23 bits per heavy atom. The SMILES string of the molecule is CNC(=O)Nc1sc(C)c(C)c1C. The first kappa shape index (κ1) is 10.1. The molecule has 1 heterocycles. The maximum absolute atomic E-state index is 11.0. The molecule has 0 unspecified atom stereocenters. The summed E-state index contributed by atoms with van der Waals surface area (Å²) in [5.41, 5.74) is 2.42. The molecule has 4 heteroatoms. The molecule has 0 bridgehead atoms. The van der Waals surface area contributed by atoms with E-state index in [4.69, 9.17) is 0 Å². The van der Waals surface area contributed by atoms with Crippen molar-refractivity contribution in [2.75, 3.05) is 12.4 Å². The van der Waals surface area contributed by atoms with Gasteiger partial charge in [-0.05, 0) is 31.9 Å². The quantitative estimate of drug-likeness (QED) is 0.715. The lowest BCUT2D eigenvalue weighted by Crippen LogP contribution is -2.24. The van der Waals surface area contributed by atoms with Crippen molar-refractivity contribution in [1.82, 2.24) is 5.32 Å². The highest BCUT2D eigenvalue weighted by Crippen LogP contribution is 2.31. The summed E-state index contributed by atoms with van der Waals surface area (Å²) in [5.74, 6) is 0. The molecular weight excluding hydrogens is 184 g/mol. The molecule has 2 N–H and O–H groups in total. The first-order valence-electron chi connectivity index (χ1n) is 4.11. The molecule has 0 saturated carbocycles. The molecule has 72 valence electrons. The van der Waals surface area contributed by atoms with E-state index in [9.17, 15) is 4.79 Å². The van der Waals surface area contributed by atoms with Gasteiger partial charge in [0.05, 0.1) is 5.00 Å². The number of anilines is 1. The van der Waals surface area contributed by atoms with Crippen molar-refractivity contribution in [3.8, 4) is 0 Å². The van der Waals surface area contributed by atoms with Crippen molar-refractivity contribution >= 4 is 22.4 Å². The third-order valence-corrected chi connectivity index (χ3v) is 3.37. The van der Waals surface area contributed by atoms with Crippen molar-refractivity contribution in [2.24, 2.45) is 0 Å². The largest absolute Gasteiger partial charge is 0.341 e. The molecular formula is C9H14N2OS. The molecule has 0 atom stereocenters. The standard InChI is InChI=1S/C9H14N2OS/c1-5-6(2)8(13-7(5)3)11-9(12)10-4/h1-4H3,(H2,10,11,12). The van der Waals surface area contributed by atoms with E-state index in [1.165, 1.54) is 10.4 Å². The van der Waals surface area contributed by atoms with Crippen LogP contribution in [0.5, 0.6) is 0 Å². The van der Waals surface area contributed by atoms with Gasteiger partial charge in [0.15, 0.2) is 0 Å². The van der Waals surface area contributed by atoms with E-state index in [0.717, 1.165) is 10.6 Å². The van der Waals surface area contributed by atoms with Crippen LogP contribution in [0.15, 0.2) is 0 Å². The molecule has 0 aromatic carbocycles. The Hall–Kier alpha value is -1.03. The monoisotopic (exact) mass is 198 g/mol. The Kier molecular flexibility index (Phi) is 2.93. The minimum absolute atomic E-state index is 0.163. The van der Waals surface area contributed by atoms with Gasteiger partial charge in [0, 0.05) is 11.9 Å². The number of nitrogens with one attached hydrogen (secondary N) is 2. The topological polar surface area (TPSA) is 41.1 Å². The summed E-state index contributed by atoms with van der Waals surface area (Å²) in [6.07, 6.45) is 0. The average molecular weight is 198 g/mol. The van der Waals surface area contributed by atoms with Crippen molar-refractivity contribution < 1.29 is 4.79 Å². The highest BCUT2D eigenvalue weighted by atomic mass is 32.1. The van der Waals surface area contributed by atoms with Gasteiger partial charge in [0.2, 0.25) is 0 Å². The second-order valence-electron chi connectivity index (χ2n) is 2.94. The van der Waals surface area contributed by atoms with Gasteiger partial charge in [0.1, 0.15) is 0 Å². The van der Waals surface area contributed by atoms with Crippen LogP contribution in [0.25, 0.3) is 0 Å². The van der Waals surface area contributed by atoms with Gasteiger partial charge in [-0.15, -0.1) is 11.3 Å². The molecule has 1 rings (SSSR count). The first-order valence-corrected chi connectivity index (χ1v) is 4.93. The predicted molar refractivity (Wildman–Crippen MR) is 56.6 cm³/mol. The summed E-state index contributed by atoms with van der Waals surface area (Å²) in [6.45, 7) is 6.14. The zero-order valence-electron chi connectivity index (χ0n) is 8.32. The maximum Gasteiger partial charge on any atom is 0.319 e. The molecule has 13 heavy (non-hydrogen) atoms. The number of carbonyl (C=O) groups excluding carboxylic acids is 1. The Bertz CT molecular complexity index is 331. The molecule has 0 saturated heterocycles. The van der Waals surface area contributed by atoms with Crippen LogP contribution < -0.4 is 10.6 Å². The number of amides is 2. The fraction of sp³-hybridized carbons (Fsp3) is 0.444. The van der Waals surface area contributed by atoms with E-state index < -0.39 is 0 Å². The Balaban J connectivity index is 2.90. The fourth-order valence-electron chi connectivity index (χ4n) is 1.03. The Morgan fingerprint density at radius 3 is 2.23 bits per heavy atom. The third-order valence-electron chi connectivity index (χ3n) is 2.14. The summed E-state index contributed by atoms with van der Waals surface area (Å²) in [5, 5.41) is 6.26. The number of urea groups is 1. The van der Waals surface area contributed by atoms with Gasteiger partial charge in [0.25, 0.3) is 0 Å². The van der Waals surface area contributed by atoms with Gasteiger partial charge in [-0.25, -0.2) is 4.79 Å². The predicted octanol–water partition coefficient (Wildman–Crippen LogP) is 2.42. The molecule has 0 spiro atoms. The average Bonchev–Trinajstić information content (AvgIpc) is 2.34. The third kappa shape index (κ3) is 2.01. The number of rotatable bonds is 1. The minimum atomic E-state index is -0.163. The summed E-state index contributed by atoms with van der Waals surface area (Å²) >= 11 is 1.61. The molecule has 0 radical (unpaired) electrons. The molecule has 0 aliphatic heterocycles. The number of hydrogen-bond acceptors (Lipinski definition) is 2. The number of thiophene rings is 1. The van der Waals surface area contributed by atoms with Crippen LogP contribution in [0.2, 0.25) is 0 Å². The number of aryl methyl sites for hydroxylation is 1. The van der Waals surface area contributed by atoms with E-state index in [1.807, 2.05) is 6.92 Å². The van der Waals surface area contributed by atoms with Crippen LogP contribution in [-0.2, 0) is 0 Å². The van der Waals surface area contributed by atoms with E-state index in [1.54, 1.807) is 18.4 Å². The number of carbonyl (C=O) groups is 1. The van der Waals surface area contributed by atoms with Gasteiger partial charge >= 0.3 is 6.03 Å². The number of hydrogen-bond donors (Lipinski definition) is 2. The highest BCUT2D eigenvalue weighted by Gasteiger charge is 2.09. The van der Waals surface area contributed by atoms with E-state index in [-0.39, 0.29) is 6.03 Å². The second kappa shape index (κ2) is 3.79. The summed E-state index contributed by atoms with van der Waals surface area (Å²) in [4.78, 5) is 12.3. The van der Waals surface area contributed by atoms with Crippen molar-refractivity contribution in [3.63, 3.8) is 0 Å². The van der Waals surface area contributed by atoms with Gasteiger partial charge in [-0.3, -0.25) is 5.32 Å². The smallest absolute Gasteiger partial charge is 0.319 e.